The molecule has 1 N–H and O–H groups in total. The summed E-state index contributed by atoms with van der Waals surface area (Å²) in [6.07, 6.45) is 7.37. The summed E-state index contributed by atoms with van der Waals surface area (Å²) in [5.74, 6) is 0.895. The van der Waals surface area contributed by atoms with Gasteiger partial charge in [0.05, 0.1) is 11.9 Å². The minimum atomic E-state index is 0.730. The van der Waals surface area contributed by atoms with Gasteiger partial charge in [-0.15, -0.1) is 0 Å². The molecule has 1 aliphatic carbocycles. The molecular formula is C14H18N4. The summed E-state index contributed by atoms with van der Waals surface area (Å²) in [7, 11) is 0. The number of nitrogens with one attached hydrogen (secondary N) is 1. The third-order valence-electron chi connectivity index (χ3n) is 3.32. The highest BCUT2D eigenvalue weighted by Crippen LogP contribution is 2.20. The zero-order valence-corrected chi connectivity index (χ0v) is 10.6. The summed E-state index contributed by atoms with van der Waals surface area (Å²) in [4.78, 5) is 4.36. The lowest BCUT2D eigenvalue weighted by Crippen LogP contribution is -2.16. The molecule has 0 radical (unpaired) electrons. The Labute approximate surface area is 107 Å². The topological polar surface area (TPSA) is 42.7 Å². The van der Waals surface area contributed by atoms with E-state index in [-0.39, 0.29) is 0 Å². The van der Waals surface area contributed by atoms with Gasteiger partial charge in [0.25, 0.3) is 0 Å². The van der Waals surface area contributed by atoms with E-state index < -0.39 is 0 Å². The second-order valence-corrected chi connectivity index (χ2v) is 4.72. The molecule has 1 fully saturated rings. The van der Waals surface area contributed by atoms with E-state index in [9.17, 15) is 0 Å². The van der Waals surface area contributed by atoms with E-state index in [1.54, 1.807) is 6.20 Å². The lowest BCUT2D eigenvalue weighted by Gasteiger charge is -2.07. The molecule has 1 aliphatic rings. The molecule has 4 heteroatoms. The van der Waals surface area contributed by atoms with Crippen molar-refractivity contribution >= 4 is 0 Å². The molecule has 94 valence electrons. The van der Waals surface area contributed by atoms with Crippen molar-refractivity contribution in [2.75, 3.05) is 0 Å². The van der Waals surface area contributed by atoms with Crippen molar-refractivity contribution in [2.24, 2.45) is 0 Å². The quantitative estimate of drug-likeness (QED) is 0.873. The third kappa shape index (κ3) is 2.29. The van der Waals surface area contributed by atoms with Gasteiger partial charge in [0.15, 0.2) is 5.82 Å². The average molecular weight is 242 g/mol. The molecule has 4 nitrogen and oxygen atoms in total. The predicted octanol–water partition coefficient (Wildman–Crippen LogP) is 2.08. The molecule has 2 aromatic heterocycles. The van der Waals surface area contributed by atoms with E-state index in [1.807, 2.05) is 29.1 Å². The summed E-state index contributed by atoms with van der Waals surface area (Å²) >= 11 is 0. The Morgan fingerprint density at radius 2 is 2.28 bits per heavy atom. The predicted molar refractivity (Wildman–Crippen MR) is 70.6 cm³/mol. The molecule has 3 rings (SSSR count). The first-order valence-electron chi connectivity index (χ1n) is 6.59. The fraction of sp³-hybridized carbons (Fsp3) is 0.429. The first kappa shape index (κ1) is 11.4. The van der Waals surface area contributed by atoms with E-state index in [4.69, 9.17) is 0 Å². The molecule has 2 aromatic rings. The van der Waals surface area contributed by atoms with Crippen molar-refractivity contribution in [3.05, 3.63) is 41.9 Å². The van der Waals surface area contributed by atoms with Crippen LogP contribution in [0.3, 0.4) is 0 Å². The van der Waals surface area contributed by atoms with E-state index in [2.05, 4.69) is 22.3 Å². The van der Waals surface area contributed by atoms with Gasteiger partial charge in [-0.05, 0) is 31.4 Å². The molecule has 0 spiro atoms. The Morgan fingerprint density at radius 3 is 2.94 bits per heavy atom. The normalized spacial score (nSPS) is 14.9. The van der Waals surface area contributed by atoms with Crippen molar-refractivity contribution in [1.29, 1.82) is 0 Å². The van der Waals surface area contributed by atoms with Gasteiger partial charge >= 0.3 is 0 Å². The highest BCUT2D eigenvalue weighted by Gasteiger charge is 2.21. The van der Waals surface area contributed by atoms with Gasteiger partial charge in [-0.2, -0.15) is 5.10 Å². The molecule has 0 aromatic carbocycles. The molecule has 1 saturated carbocycles. The van der Waals surface area contributed by atoms with Crippen LogP contribution in [0.25, 0.3) is 5.82 Å². The van der Waals surface area contributed by atoms with E-state index in [0.717, 1.165) is 24.8 Å². The lowest BCUT2D eigenvalue weighted by atomic mass is 10.2. The standard InChI is InChI=1S/C14H18N4/c1-2-13-11(9-16-12-6-7-12)10-17-18(13)14-5-3-4-8-15-14/h3-5,8,10,12,16H,2,6-7,9H2,1H3. The Morgan fingerprint density at radius 1 is 1.39 bits per heavy atom. The Kier molecular flexibility index (Phi) is 3.11. The SMILES string of the molecule is CCc1c(CNC2CC2)cnn1-c1ccccn1. The van der Waals surface area contributed by atoms with Crippen LogP contribution in [0.1, 0.15) is 31.0 Å². The van der Waals surface area contributed by atoms with Crippen molar-refractivity contribution in [2.45, 2.75) is 38.8 Å². The van der Waals surface area contributed by atoms with Crippen LogP contribution >= 0.6 is 0 Å². The van der Waals surface area contributed by atoms with Crippen LogP contribution in [0.15, 0.2) is 30.6 Å². The van der Waals surface area contributed by atoms with E-state index >= 15 is 0 Å². The monoisotopic (exact) mass is 242 g/mol. The smallest absolute Gasteiger partial charge is 0.153 e. The summed E-state index contributed by atoms with van der Waals surface area (Å²) in [5.41, 5.74) is 2.54. The maximum absolute atomic E-state index is 4.47. The highest BCUT2D eigenvalue weighted by molar-refractivity contribution is 5.29. The summed E-state index contributed by atoms with van der Waals surface area (Å²) in [6, 6.07) is 6.64. The van der Waals surface area contributed by atoms with Crippen molar-refractivity contribution in [3.63, 3.8) is 0 Å². The number of hydrogen-bond acceptors (Lipinski definition) is 3. The summed E-state index contributed by atoms with van der Waals surface area (Å²) in [5, 5.41) is 8.01. The summed E-state index contributed by atoms with van der Waals surface area (Å²) < 4.78 is 1.95. The molecule has 18 heavy (non-hydrogen) atoms. The lowest BCUT2D eigenvalue weighted by molar-refractivity contribution is 0.679. The van der Waals surface area contributed by atoms with Crippen molar-refractivity contribution in [3.8, 4) is 5.82 Å². The van der Waals surface area contributed by atoms with Crippen LogP contribution in [0.2, 0.25) is 0 Å². The van der Waals surface area contributed by atoms with Crippen molar-refractivity contribution in [1.82, 2.24) is 20.1 Å². The Hall–Kier alpha value is -1.68. The number of rotatable bonds is 5. The van der Waals surface area contributed by atoms with Crippen LogP contribution in [0, 0.1) is 0 Å². The number of hydrogen-bond donors (Lipinski definition) is 1. The summed E-state index contributed by atoms with van der Waals surface area (Å²) in [6.45, 7) is 3.08. The molecule has 0 aliphatic heterocycles. The van der Waals surface area contributed by atoms with E-state index in [0.29, 0.717) is 0 Å². The Balaban J connectivity index is 1.85. The molecule has 0 saturated heterocycles. The van der Waals surface area contributed by atoms with E-state index in [1.165, 1.54) is 24.1 Å². The van der Waals surface area contributed by atoms with Crippen molar-refractivity contribution < 1.29 is 0 Å². The van der Waals surface area contributed by atoms with Gasteiger partial charge in [-0.1, -0.05) is 13.0 Å². The number of aromatic nitrogens is 3. The fourth-order valence-electron chi connectivity index (χ4n) is 2.15. The maximum Gasteiger partial charge on any atom is 0.153 e. The molecule has 0 bridgehead atoms. The molecule has 0 amide bonds. The molecular weight excluding hydrogens is 224 g/mol. The second-order valence-electron chi connectivity index (χ2n) is 4.72. The van der Waals surface area contributed by atoms with Gasteiger partial charge < -0.3 is 5.32 Å². The third-order valence-corrected chi connectivity index (χ3v) is 3.32. The van der Waals surface area contributed by atoms with Gasteiger partial charge in [0.2, 0.25) is 0 Å². The Bertz CT molecular complexity index is 514. The van der Waals surface area contributed by atoms with Gasteiger partial charge in [0.1, 0.15) is 0 Å². The molecule has 0 atom stereocenters. The zero-order chi connectivity index (χ0) is 12.4. The molecule has 0 unspecified atom stereocenters. The first-order valence-corrected chi connectivity index (χ1v) is 6.59. The van der Waals surface area contributed by atoms with Crippen LogP contribution in [0.4, 0.5) is 0 Å². The van der Waals surface area contributed by atoms with Crippen LogP contribution in [-0.4, -0.2) is 20.8 Å². The van der Waals surface area contributed by atoms with Gasteiger partial charge in [0, 0.05) is 24.3 Å². The fourth-order valence-corrected chi connectivity index (χ4v) is 2.15. The average Bonchev–Trinajstić information content (AvgIpc) is 3.16. The first-order chi connectivity index (χ1) is 8.88. The minimum absolute atomic E-state index is 0.730. The zero-order valence-electron chi connectivity index (χ0n) is 10.6. The molecule has 2 heterocycles. The highest BCUT2D eigenvalue weighted by atomic mass is 15.3. The maximum atomic E-state index is 4.47. The number of nitrogens with zero attached hydrogens (tertiary/aromatic N) is 3. The van der Waals surface area contributed by atoms with Crippen LogP contribution in [0.5, 0.6) is 0 Å². The number of pyridine rings is 1. The van der Waals surface area contributed by atoms with Gasteiger partial charge in [-0.25, -0.2) is 9.67 Å². The minimum Gasteiger partial charge on any atom is -0.310 e. The second kappa shape index (κ2) is 4.90. The van der Waals surface area contributed by atoms with Gasteiger partial charge in [-0.3, -0.25) is 0 Å². The van der Waals surface area contributed by atoms with Crippen LogP contribution < -0.4 is 5.32 Å². The largest absolute Gasteiger partial charge is 0.310 e. The van der Waals surface area contributed by atoms with Crippen LogP contribution in [-0.2, 0) is 13.0 Å².